The summed E-state index contributed by atoms with van der Waals surface area (Å²) in [4.78, 5) is 30.8. The number of rotatable bonds is 4. The van der Waals surface area contributed by atoms with Crippen molar-refractivity contribution in [1.82, 2.24) is 34.1 Å². The zero-order valence-electron chi connectivity index (χ0n) is 35.9. The fraction of sp³-hybridized carbons (Fsp3) is 0. The third-order valence-electron chi connectivity index (χ3n) is 13.2. The molecule has 11 heteroatoms. The van der Waals surface area contributed by atoms with Gasteiger partial charge in [0.05, 0.1) is 55.8 Å². The molecule has 5 aromatic heterocycles. The Morgan fingerprint density at radius 3 is 1.46 bits per heavy atom. The molecular weight excluding hydrogens is 843 g/mol. The highest BCUT2D eigenvalue weighted by atomic mass is 16.5. The van der Waals surface area contributed by atoms with E-state index in [0.29, 0.717) is 40.8 Å². The van der Waals surface area contributed by atoms with Crippen LogP contribution in [0, 0.1) is 0 Å². The lowest BCUT2D eigenvalue weighted by Gasteiger charge is -2.33. The first-order chi connectivity index (χ1) is 33.7. The van der Waals surface area contributed by atoms with E-state index in [1.54, 1.807) is 0 Å². The number of fused-ring (bicyclic) bond motifs is 14. The van der Waals surface area contributed by atoms with Crippen molar-refractivity contribution in [3.05, 3.63) is 200 Å². The van der Waals surface area contributed by atoms with Gasteiger partial charge in [0.2, 0.25) is 17.8 Å². The molecule has 2 aliphatic rings. The SMILES string of the molecule is c1ccc2c(c1)Oc1ccccc1N2c1nc(N2c3ccccc3Oc3ccccc32)nc(-n2c3ccccc3c3ccc4c(c5ccccc5n4-c4ccc5ccc6cccnc6c5n4)c32)n1. The minimum atomic E-state index is 0.413. The molecule has 0 atom stereocenters. The van der Waals surface area contributed by atoms with Crippen LogP contribution in [0.1, 0.15) is 0 Å². The van der Waals surface area contributed by atoms with Crippen LogP contribution in [0.2, 0.25) is 0 Å². The first-order valence-corrected chi connectivity index (χ1v) is 22.4. The summed E-state index contributed by atoms with van der Waals surface area (Å²) in [6.07, 6.45) is 1.83. The quantitative estimate of drug-likeness (QED) is 0.160. The molecule has 7 heterocycles. The molecule has 0 fully saturated rings. The van der Waals surface area contributed by atoms with E-state index in [4.69, 9.17) is 34.4 Å². The second kappa shape index (κ2) is 13.9. The van der Waals surface area contributed by atoms with Crippen LogP contribution in [0.5, 0.6) is 23.0 Å². The van der Waals surface area contributed by atoms with Gasteiger partial charge in [-0.25, -0.2) is 4.98 Å². The van der Waals surface area contributed by atoms with Crippen LogP contribution in [-0.4, -0.2) is 34.1 Å². The van der Waals surface area contributed by atoms with Crippen LogP contribution >= 0.6 is 0 Å². The molecule has 0 N–H and O–H groups in total. The second-order valence-electron chi connectivity index (χ2n) is 16.9. The summed E-state index contributed by atoms with van der Waals surface area (Å²) >= 11 is 0. The van der Waals surface area contributed by atoms with E-state index in [1.807, 2.05) is 109 Å². The predicted molar refractivity (Wildman–Crippen MR) is 269 cm³/mol. The van der Waals surface area contributed by atoms with Crippen molar-refractivity contribution >= 4 is 100 Å². The van der Waals surface area contributed by atoms with E-state index in [9.17, 15) is 0 Å². The number of aromatic nitrogens is 7. The second-order valence-corrected chi connectivity index (χ2v) is 16.9. The number of anilines is 6. The zero-order chi connectivity index (χ0) is 44.5. The molecule has 13 aromatic rings. The van der Waals surface area contributed by atoms with E-state index < -0.39 is 0 Å². The molecule has 318 valence electrons. The Bertz CT molecular complexity index is 4070. The molecule has 0 unspecified atom stereocenters. The molecule has 15 rings (SSSR count). The van der Waals surface area contributed by atoms with Gasteiger partial charge in [-0.2, -0.15) is 15.0 Å². The lowest BCUT2D eigenvalue weighted by molar-refractivity contribution is 0.476. The molecule has 0 amide bonds. The van der Waals surface area contributed by atoms with Crippen molar-refractivity contribution in [3.8, 4) is 34.8 Å². The molecular formula is C57H33N9O2. The first kappa shape index (κ1) is 36.7. The normalized spacial score (nSPS) is 12.9. The van der Waals surface area contributed by atoms with Gasteiger partial charge in [-0.05, 0) is 84.9 Å². The van der Waals surface area contributed by atoms with Gasteiger partial charge in [0.1, 0.15) is 5.82 Å². The minimum Gasteiger partial charge on any atom is -0.453 e. The number of ether oxygens (including phenoxy) is 2. The lowest BCUT2D eigenvalue weighted by atomic mass is 10.1. The van der Waals surface area contributed by atoms with E-state index in [1.165, 1.54) is 0 Å². The summed E-state index contributed by atoms with van der Waals surface area (Å²) in [6, 6.07) is 65.9. The fourth-order valence-electron chi connectivity index (χ4n) is 10.3. The number of benzene rings is 8. The number of pyridine rings is 2. The Hall–Kier alpha value is -9.61. The number of hydrogen-bond donors (Lipinski definition) is 0. The zero-order valence-corrected chi connectivity index (χ0v) is 35.9. The van der Waals surface area contributed by atoms with Crippen molar-refractivity contribution in [2.45, 2.75) is 0 Å². The van der Waals surface area contributed by atoms with Crippen LogP contribution in [0.15, 0.2) is 200 Å². The van der Waals surface area contributed by atoms with Gasteiger partial charge in [0, 0.05) is 38.5 Å². The van der Waals surface area contributed by atoms with Crippen molar-refractivity contribution in [2.24, 2.45) is 0 Å². The van der Waals surface area contributed by atoms with Gasteiger partial charge in [0.25, 0.3) is 0 Å². The van der Waals surface area contributed by atoms with Crippen molar-refractivity contribution in [2.75, 3.05) is 9.80 Å². The summed E-state index contributed by atoms with van der Waals surface area (Å²) in [6.45, 7) is 0. The highest BCUT2D eigenvalue weighted by molar-refractivity contribution is 6.26. The van der Waals surface area contributed by atoms with Crippen molar-refractivity contribution < 1.29 is 9.47 Å². The molecule has 2 aliphatic heterocycles. The van der Waals surface area contributed by atoms with Crippen molar-refractivity contribution in [1.29, 1.82) is 0 Å². The van der Waals surface area contributed by atoms with E-state index in [0.717, 1.165) is 94.0 Å². The van der Waals surface area contributed by atoms with Crippen LogP contribution in [0.25, 0.3) is 77.2 Å². The Morgan fingerprint density at radius 1 is 0.338 bits per heavy atom. The minimum absolute atomic E-state index is 0.413. The maximum Gasteiger partial charge on any atom is 0.241 e. The van der Waals surface area contributed by atoms with E-state index in [2.05, 4.69) is 110 Å². The van der Waals surface area contributed by atoms with E-state index >= 15 is 0 Å². The van der Waals surface area contributed by atoms with Crippen LogP contribution < -0.4 is 19.3 Å². The smallest absolute Gasteiger partial charge is 0.241 e. The third-order valence-corrected chi connectivity index (χ3v) is 13.2. The fourth-order valence-corrected chi connectivity index (χ4v) is 10.3. The van der Waals surface area contributed by atoms with Gasteiger partial charge in [-0.1, -0.05) is 109 Å². The van der Waals surface area contributed by atoms with Crippen LogP contribution in [0.4, 0.5) is 34.6 Å². The van der Waals surface area contributed by atoms with Crippen LogP contribution in [-0.2, 0) is 0 Å². The molecule has 0 saturated heterocycles. The molecule has 0 aliphatic carbocycles. The highest BCUT2D eigenvalue weighted by Gasteiger charge is 2.33. The maximum absolute atomic E-state index is 6.50. The highest BCUT2D eigenvalue weighted by Crippen LogP contribution is 2.53. The summed E-state index contributed by atoms with van der Waals surface area (Å²) in [7, 11) is 0. The molecule has 0 saturated carbocycles. The monoisotopic (exact) mass is 875 g/mol. The number of hydrogen-bond acceptors (Lipinski definition) is 9. The Kier molecular flexibility index (Phi) is 7.53. The first-order valence-electron chi connectivity index (χ1n) is 22.4. The summed E-state index contributed by atoms with van der Waals surface area (Å²) < 4.78 is 17.5. The molecule has 8 aromatic carbocycles. The Morgan fingerprint density at radius 2 is 0.838 bits per heavy atom. The largest absolute Gasteiger partial charge is 0.453 e. The van der Waals surface area contributed by atoms with Gasteiger partial charge >= 0.3 is 0 Å². The standard InChI is InChI=1S/C57H33N9O2/c1-3-17-39-36(15-1)37-30-31-45-51(38-16-2-4-18-40(38)63(45)50-32-29-35-28-27-34-14-13-33-58-52(34)53(35)59-50)54(37)66(39)57-61-55(64-41-19-5-9-23-46(41)67-47-24-10-6-20-42(47)64)60-56(62-57)65-43-21-7-11-25-48(43)68-49-26-12-8-22-44(49)65/h1-33H. The Balaban J connectivity index is 1.06. The summed E-state index contributed by atoms with van der Waals surface area (Å²) in [5, 5.41) is 6.31. The summed E-state index contributed by atoms with van der Waals surface area (Å²) in [5.74, 6) is 4.81. The summed E-state index contributed by atoms with van der Waals surface area (Å²) in [5.41, 5.74) is 8.84. The third kappa shape index (κ3) is 5.20. The lowest BCUT2D eigenvalue weighted by Crippen LogP contribution is -2.23. The van der Waals surface area contributed by atoms with Gasteiger partial charge in [0.15, 0.2) is 23.0 Å². The molecule has 11 nitrogen and oxygen atoms in total. The molecule has 0 spiro atoms. The Labute approximate surface area is 387 Å². The maximum atomic E-state index is 6.50. The van der Waals surface area contributed by atoms with Gasteiger partial charge in [-0.3, -0.25) is 23.9 Å². The average Bonchev–Trinajstić information content (AvgIpc) is 3.92. The number of nitrogens with zero attached hydrogens (tertiary/aromatic N) is 9. The molecule has 0 bridgehead atoms. The van der Waals surface area contributed by atoms with Crippen LogP contribution in [0.3, 0.4) is 0 Å². The average molecular weight is 876 g/mol. The molecule has 68 heavy (non-hydrogen) atoms. The van der Waals surface area contributed by atoms with E-state index in [-0.39, 0.29) is 0 Å². The number of para-hydroxylation sites is 10. The predicted octanol–water partition coefficient (Wildman–Crippen LogP) is 14.3. The topological polar surface area (TPSA) is 99.2 Å². The van der Waals surface area contributed by atoms with Gasteiger partial charge < -0.3 is 9.47 Å². The van der Waals surface area contributed by atoms with Gasteiger partial charge in [-0.15, -0.1) is 0 Å². The van der Waals surface area contributed by atoms with Crippen molar-refractivity contribution in [3.63, 3.8) is 0 Å². The molecule has 0 radical (unpaired) electrons.